The zero-order valence-corrected chi connectivity index (χ0v) is 7.00. The van der Waals surface area contributed by atoms with E-state index in [0.717, 1.165) is 6.42 Å². The molecule has 0 N–H and O–H groups in total. The van der Waals surface area contributed by atoms with Crippen molar-refractivity contribution in [3.8, 4) is 0 Å². The van der Waals surface area contributed by atoms with Crippen LogP contribution in [0.3, 0.4) is 0 Å². The molecule has 0 radical (unpaired) electrons. The Labute approximate surface area is 66.7 Å². The number of esters is 1. The van der Waals surface area contributed by atoms with Gasteiger partial charge in [-0.05, 0) is 20.3 Å². The molecule has 1 heterocycles. The van der Waals surface area contributed by atoms with Crippen LogP contribution < -0.4 is 0 Å². The highest BCUT2D eigenvalue weighted by atomic mass is 16.6. The Hall–Kier alpha value is -0.570. The average Bonchev–Trinajstić information content (AvgIpc) is 2.31. The summed E-state index contributed by atoms with van der Waals surface area (Å²) >= 11 is 0. The molecule has 1 rings (SSSR count). The van der Waals surface area contributed by atoms with Gasteiger partial charge in [-0.25, -0.2) is 0 Å². The van der Waals surface area contributed by atoms with E-state index in [9.17, 15) is 4.79 Å². The van der Waals surface area contributed by atoms with Gasteiger partial charge in [0.25, 0.3) is 0 Å². The van der Waals surface area contributed by atoms with E-state index in [0.29, 0.717) is 13.0 Å². The second kappa shape index (κ2) is 3.72. The van der Waals surface area contributed by atoms with Gasteiger partial charge in [-0.1, -0.05) is 0 Å². The lowest BCUT2D eigenvalue weighted by Crippen LogP contribution is -2.18. The summed E-state index contributed by atoms with van der Waals surface area (Å²) < 4.78 is 10.2. The summed E-state index contributed by atoms with van der Waals surface area (Å²) in [6.07, 6.45) is 1.58. The molecule has 1 atom stereocenters. The fourth-order valence-corrected chi connectivity index (χ4v) is 1.000. The number of carbonyl (C=O) groups is 1. The molecule has 0 aliphatic carbocycles. The molecule has 3 heteroatoms. The van der Waals surface area contributed by atoms with Crippen LogP contribution in [0.1, 0.15) is 26.7 Å². The van der Waals surface area contributed by atoms with Crippen molar-refractivity contribution in [2.24, 2.45) is 0 Å². The van der Waals surface area contributed by atoms with Crippen molar-refractivity contribution in [2.45, 2.75) is 38.9 Å². The normalized spacial score (nSPS) is 24.3. The van der Waals surface area contributed by atoms with Gasteiger partial charge in [0, 0.05) is 6.42 Å². The molecule has 0 amide bonds. The quantitative estimate of drug-likeness (QED) is 0.577. The van der Waals surface area contributed by atoms with Gasteiger partial charge in [-0.2, -0.15) is 0 Å². The van der Waals surface area contributed by atoms with Gasteiger partial charge in [0.2, 0.25) is 0 Å². The highest BCUT2D eigenvalue weighted by molar-refractivity contribution is 5.71. The minimum atomic E-state index is -0.0950. The molecule has 0 aromatic carbocycles. The highest BCUT2D eigenvalue weighted by Gasteiger charge is 2.23. The van der Waals surface area contributed by atoms with Crippen LogP contribution in [0.5, 0.6) is 0 Å². The van der Waals surface area contributed by atoms with Crippen molar-refractivity contribution >= 4 is 5.97 Å². The number of cyclic esters (lactones) is 1. The fourth-order valence-electron chi connectivity index (χ4n) is 1.000. The molecular formula is C8H14O3. The molecule has 1 fully saturated rings. The van der Waals surface area contributed by atoms with E-state index in [-0.39, 0.29) is 18.2 Å². The predicted molar refractivity (Wildman–Crippen MR) is 40.2 cm³/mol. The number of carbonyl (C=O) groups excluding carboxylic acids is 1. The van der Waals surface area contributed by atoms with E-state index >= 15 is 0 Å². The number of rotatable bonds is 3. The van der Waals surface area contributed by atoms with E-state index in [1.54, 1.807) is 0 Å². The Morgan fingerprint density at radius 1 is 1.73 bits per heavy atom. The maximum Gasteiger partial charge on any atom is 0.306 e. The summed E-state index contributed by atoms with van der Waals surface area (Å²) in [6.45, 7) is 4.48. The topological polar surface area (TPSA) is 35.5 Å². The molecule has 11 heavy (non-hydrogen) atoms. The molecule has 0 saturated carbocycles. The molecule has 64 valence electrons. The van der Waals surface area contributed by atoms with Crippen molar-refractivity contribution in [3.63, 3.8) is 0 Å². The van der Waals surface area contributed by atoms with Gasteiger partial charge in [-0.15, -0.1) is 0 Å². The predicted octanol–water partition coefficient (Wildman–Crippen LogP) is 1.12. The minimum Gasteiger partial charge on any atom is -0.460 e. The third-order valence-corrected chi connectivity index (χ3v) is 1.58. The largest absolute Gasteiger partial charge is 0.460 e. The fraction of sp³-hybridized carbons (Fsp3) is 0.875. The standard InChI is InChI=1S/C8H14O3/c1-6(2)10-5-7-3-4-8(9)11-7/h6-7H,3-5H2,1-2H3. The van der Waals surface area contributed by atoms with Crippen LogP contribution in [-0.2, 0) is 14.3 Å². The van der Waals surface area contributed by atoms with E-state index in [4.69, 9.17) is 9.47 Å². The van der Waals surface area contributed by atoms with Gasteiger partial charge < -0.3 is 9.47 Å². The van der Waals surface area contributed by atoms with Crippen LogP contribution in [0.2, 0.25) is 0 Å². The molecule has 0 aromatic heterocycles. The first-order valence-corrected chi connectivity index (χ1v) is 3.99. The smallest absolute Gasteiger partial charge is 0.306 e. The van der Waals surface area contributed by atoms with Crippen LogP contribution in [-0.4, -0.2) is 24.8 Å². The first kappa shape index (κ1) is 8.53. The van der Waals surface area contributed by atoms with Crippen LogP contribution in [0.25, 0.3) is 0 Å². The first-order valence-electron chi connectivity index (χ1n) is 3.99. The summed E-state index contributed by atoms with van der Waals surface area (Å²) in [7, 11) is 0. The number of ether oxygens (including phenoxy) is 2. The molecule has 1 saturated heterocycles. The third-order valence-electron chi connectivity index (χ3n) is 1.58. The molecule has 0 spiro atoms. The Balaban J connectivity index is 2.13. The first-order chi connectivity index (χ1) is 5.18. The highest BCUT2D eigenvalue weighted by Crippen LogP contribution is 2.14. The van der Waals surface area contributed by atoms with Crippen LogP contribution in [0, 0.1) is 0 Å². The van der Waals surface area contributed by atoms with Crippen LogP contribution in [0.15, 0.2) is 0 Å². The molecule has 3 nitrogen and oxygen atoms in total. The lowest BCUT2D eigenvalue weighted by atomic mass is 10.2. The van der Waals surface area contributed by atoms with Crippen LogP contribution in [0.4, 0.5) is 0 Å². The summed E-state index contributed by atoms with van der Waals surface area (Å²) in [6, 6.07) is 0. The summed E-state index contributed by atoms with van der Waals surface area (Å²) in [5.41, 5.74) is 0. The summed E-state index contributed by atoms with van der Waals surface area (Å²) in [5, 5.41) is 0. The third kappa shape index (κ3) is 2.89. The monoisotopic (exact) mass is 158 g/mol. The minimum absolute atomic E-state index is 0.00454. The molecule has 0 bridgehead atoms. The zero-order valence-electron chi connectivity index (χ0n) is 7.00. The van der Waals surface area contributed by atoms with Gasteiger partial charge in [0.05, 0.1) is 12.7 Å². The van der Waals surface area contributed by atoms with Crippen molar-refractivity contribution in [3.05, 3.63) is 0 Å². The average molecular weight is 158 g/mol. The summed E-state index contributed by atoms with van der Waals surface area (Å²) in [4.78, 5) is 10.6. The number of hydrogen-bond acceptors (Lipinski definition) is 3. The summed E-state index contributed by atoms with van der Waals surface area (Å²) in [5.74, 6) is -0.0950. The molecule has 1 aliphatic heterocycles. The Kier molecular flexibility index (Phi) is 2.88. The number of hydrogen-bond donors (Lipinski definition) is 0. The van der Waals surface area contributed by atoms with Gasteiger partial charge in [0.15, 0.2) is 0 Å². The van der Waals surface area contributed by atoms with E-state index < -0.39 is 0 Å². The molecule has 1 unspecified atom stereocenters. The van der Waals surface area contributed by atoms with Crippen molar-refractivity contribution in [1.82, 2.24) is 0 Å². The Morgan fingerprint density at radius 3 is 2.91 bits per heavy atom. The van der Waals surface area contributed by atoms with Crippen molar-refractivity contribution in [1.29, 1.82) is 0 Å². The van der Waals surface area contributed by atoms with E-state index in [2.05, 4.69) is 0 Å². The van der Waals surface area contributed by atoms with Gasteiger partial charge >= 0.3 is 5.97 Å². The second-order valence-electron chi connectivity index (χ2n) is 3.03. The SMILES string of the molecule is CC(C)OCC1CCC(=O)O1. The van der Waals surface area contributed by atoms with Crippen molar-refractivity contribution < 1.29 is 14.3 Å². The lowest BCUT2D eigenvalue weighted by Gasteiger charge is -2.11. The maximum atomic E-state index is 10.6. The van der Waals surface area contributed by atoms with E-state index in [1.165, 1.54) is 0 Å². The Morgan fingerprint density at radius 2 is 2.45 bits per heavy atom. The molecule has 0 aromatic rings. The zero-order chi connectivity index (χ0) is 8.27. The van der Waals surface area contributed by atoms with Crippen molar-refractivity contribution in [2.75, 3.05) is 6.61 Å². The van der Waals surface area contributed by atoms with E-state index in [1.807, 2.05) is 13.8 Å². The Bertz CT molecular complexity index is 142. The maximum absolute atomic E-state index is 10.6. The molecular weight excluding hydrogens is 144 g/mol. The lowest BCUT2D eigenvalue weighted by molar-refractivity contribution is -0.144. The molecule has 1 aliphatic rings. The van der Waals surface area contributed by atoms with Crippen LogP contribution >= 0.6 is 0 Å². The second-order valence-corrected chi connectivity index (χ2v) is 3.03. The van der Waals surface area contributed by atoms with Gasteiger partial charge in [-0.3, -0.25) is 4.79 Å². The van der Waals surface area contributed by atoms with Gasteiger partial charge in [0.1, 0.15) is 6.10 Å².